The zero-order valence-electron chi connectivity index (χ0n) is 7.74. The summed E-state index contributed by atoms with van der Waals surface area (Å²) in [5.41, 5.74) is 0.240. The number of halogens is 1. The molecule has 0 saturated heterocycles. The molecule has 6 heteroatoms. The van der Waals surface area contributed by atoms with E-state index in [1.54, 1.807) is 0 Å². The largest absolute Gasteiger partial charge is 0.481 e. The highest BCUT2D eigenvalue weighted by atomic mass is 35.5. The van der Waals surface area contributed by atoms with Gasteiger partial charge in [-0.05, 0) is 6.07 Å². The number of carbonyl (C=O) groups is 2. The molecule has 0 aliphatic rings. The molecule has 1 aromatic rings. The third-order valence-electron chi connectivity index (χ3n) is 1.64. The van der Waals surface area contributed by atoms with Gasteiger partial charge in [-0.25, -0.2) is 0 Å². The summed E-state index contributed by atoms with van der Waals surface area (Å²) >= 11 is 5.74. The van der Waals surface area contributed by atoms with Crippen LogP contribution >= 0.6 is 11.6 Å². The number of nitrogens with zero attached hydrogens (tertiary/aromatic N) is 1. The Morgan fingerprint density at radius 1 is 1.53 bits per heavy atom. The van der Waals surface area contributed by atoms with Crippen LogP contribution in [0, 0.1) is 0 Å². The van der Waals surface area contributed by atoms with E-state index in [0.717, 1.165) is 0 Å². The van der Waals surface area contributed by atoms with Crippen LogP contribution in [0.15, 0.2) is 18.5 Å². The fourth-order valence-electron chi connectivity index (χ4n) is 0.923. The average Bonchev–Trinajstić information content (AvgIpc) is 2.17. The molecule has 0 bridgehead atoms. The van der Waals surface area contributed by atoms with E-state index in [1.165, 1.54) is 18.5 Å². The second kappa shape index (κ2) is 5.31. The second-order valence-corrected chi connectivity index (χ2v) is 3.16. The Morgan fingerprint density at radius 2 is 2.27 bits per heavy atom. The summed E-state index contributed by atoms with van der Waals surface area (Å²) < 4.78 is 0. The van der Waals surface area contributed by atoms with Crippen molar-refractivity contribution in [1.29, 1.82) is 0 Å². The molecule has 1 amide bonds. The van der Waals surface area contributed by atoms with Gasteiger partial charge in [0.25, 0.3) is 5.91 Å². The van der Waals surface area contributed by atoms with E-state index in [2.05, 4.69) is 10.3 Å². The van der Waals surface area contributed by atoms with E-state index in [9.17, 15) is 9.59 Å². The molecule has 1 heterocycles. The number of nitrogens with one attached hydrogen (secondary N) is 1. The lowest BCUT2D eigenvalue weighted by atomic mass is 10.2. The molecule has 15 heavy (non-hydrogen) atoms. The van der Waals surface area contributed by atoms with E-state index in [0.29, 0.717) is 0 Å². The van der Waals surface area contributed by atoms with Gasteiger partial charge in [-0.3, -0.25) is 14.6 Å². The molecular formula is C9H9ClN2O3. The molecule has 0 saturated carbocycles. The van der Waals surface area contributed by atoms with Gasteiger partial charge in [0, 0.05) is 18.9 Å². The van der Waals surface area contributed by atoms with Crippen molar-refractivity contribution in [3.8, 4) is 0 Å². The smallest absolute Gasteiger partial charge is 0.305 e. The zero-order valence-corrected chi connectivity index (χ0v) is 8.49. The summed E-state index contributed by atoms with van der Waals surface area (Å²) in [7, 11) is 0. The zero-order chi connectivity index (χ0) is 11.3. The van der Waals surface area contributed by atoms with E-state index in [4.69, 9.17) is 16.7 Å². The maximum atomic E-state index is 11.4. The summed E-state index contributed by atoms with van der Waals surface area (Å²) in [6, 6.07) is 1.49. The fourth-order valence-corrected chi connectivity index (χ4v) is 1.11. The van der Waals surface area contributed by atoms with Crippen LogP contribution in [0.2, 0.25) is 5.02 Å². The highest BCUT2D eigenvalue weighted by Gasteiger charge is 2.09. The predicted molar refractivity (Wildman–Crippen MR) is 53.8 cm³/mol. The number of hydrogen-bond acceptors (Lipinski definition) is 3. The van der Waals surface area contributed by atoms with Crippen LogP contribution in [0.3, 0.4) is 0 Å². The van der Waals surface area contributed by atoms with E-state index < -0.39 is 11.9 Å². The quantitative estimate of drug-likeness (QED) is 0.804. The first-order valence-corrected chi connectivity index (χ1v) is 4.58. The Labute approximate surface area is 91.1 Å². The Balaban J connectivity index is 2.54. The molecule has 5 nitrogen and oxygen atoms in total. The van der Waals surface area contributed by atoms with E-state index >= 15 is 0 Å². The van der Waals surface area contributed by atoms with E-state index in [1.807, 2.05) is 0 Å². The lowest BCUT2D eigenvalue weighted by Gasteiger charge is -2.04. The predicted octanol–water partition coefficient (Wildman–Crippen LogP) is 0.939. The summed E-state index contributed by atoms with van der Waals surface area (Å²) in [4.78, 5) is 25.4. The van der Waals surface area contributed by atoms with E-state index in [-0.39, 0.29) is 23.6 Å². The SMILES string of the molecule is O=C(O)CCNC(=O)c1cnccc1Cl. The van der Waals surface area contributed by atoms with Gasteiger partial charge in [0.2, 0.25) is 0 Å². The highest BCUT2D eigenvalue weighted by Crippen LogP contribution is 2.12. The number of carboxylic acid groups (broad SMARTS) is 1. The number of pyridine rings is 1. The van der Waals surface area contributed by atoms with Crippen LogP contribution in [0.5, 0.6) is 0 Å². The van der Waals surface area contributed by atoms with Gasteiger partial charge in [0.15, 0.2) is 0 Å². The Morgan fingerprint density at radius 3 is 2.87 bits per heavy atom. The molecular weight excluding hydrogens is 220 g/mol. The molecule has 0 radical (unpaired) electrons. The van der Waals surface area contributed by atoms with Crippen LogP contribution in [0.1, 0.15) is 16.8 Å². The maximum Gasteiger partial charge on any atom is 0.305 e. The first-order valence-electron chi connectivity index (χ1n) is 4.21. The van der Waals surface area contributed by atoms with Crippen molar-refractivity contribution in [1.82, 2.24) is 10.3 Å². The van der Waals surface area contributed by atoms with Crippen molar-refractivity contribution in [2.75, 3.05) is 6.54 Å². The van der Waals surface area contributed by atoms with Crippen LogP contribution in [-0.2, 0) is 4.79 Å². The minimum absolute atomic E-state index is 0.0688. The molecule has 1 aromatic heterocycles. The Bertz CT molecular complexity index is 381. The molecule has 1 rings (SSSR count). The molecule has 0 unspecified atom stereocenters. The Kier molecular flexibility index (Phi) is 4.05. The lowest BCUT2D eigenvalue weighted by Crippen LogP contribution is -2.26. The molecule has 0 fully saturated rings. The topological polar surface area (TPSA) is 79.3 Å². The summed E-state index contributed by atoms with van der Waals surface area (Å²) in [6.45, 7) is 0.0688. The average molecular weight is 229 g/mol. The van der Waals surface area contributed by atoms with Crippen LogP contribution < -0.4 is 5.32 Å². The van der Waals surface area contributed by atoms with Crippen molar-refractivity contribution in [2.24, 2.45) is 0 Å². The fraction of sp³-hybridized carbons (Fsp3) is 0.222. The number of carbonyl (C=O) groups excluding carboxylic acids is 1. The molecule has 2 N–H and O–H groups in total. The second-order valence-electron chi connectivity index (χ2n) is 2.76. The van der Waals surface area contributed by atoms with Crippen molar-refractivity contribution in [3.63, 3.8) is 0 Å². The number of aromatic nitrogens is 1. The minimum Gasteiger partial charge on any atom is -0.481 e. The number of aliphatic carboxylic acids is 1. The number of rotatable bonds is 4. The van der Waals surface area contributed by atoms with Gasteiger partial charge in [0.1, 0.15) is 0 Å². The van der Waals surface area contributed by atoms with Gasteiger partial charge >= 0.3 is 5.97 Å². The third-order valence-corrected chi connectivity index (χ3v) is 1.97. The van der Waals surface area contributed by atoms with Crippen LogP contribution in [-0.4, -0.2) is 28.5 Å². The van der Waals surface area contributed by atoms with Gasteiger partial charge in [0.05, 0.1) is 17.0 Å². The molecule has 0 atom stereocenters. The summed E-state index contributed by atoms with van der Waals surface area (Å²) in [6.07, 6.45) is 2.68. The molecule has 80 valence electrons. The Hall–Kier alpha value is -1.62. The number of hydrogen-bond donors (Lipinski definition) is 2. The third kappa shape index (κ3) is 3.55. The highest BCUT2D eigenvalue weighted by molar-refractivity contribution is 6.33. The van der Waals surface area contributed by atoms with Gasteiger partial charge < -0.3 is 10.4 Å². The summed E-state index contributed by atoms with van der Waals surface area (Å²) in [5, 5.41) is 11.1. The number of carboxylic acids is 1. The lowest BCUT2D eigenvalue weighted by molar-refractivity contribution is -0.136. The molecule has 0 aliphatic carbocycles. The van der Waals surface area contributed by atoms with Gasteiger partial charge in [-0.2, -0.15) is 0 Å². The van der Waals surface area contributed by atoms with Gasteiger partial charge in [-0.1, -0.05) is 11.6 Å². The van der Waals surface area contributed by atoms with Crippen molar-refractivity contribution in [3.05, 3.63) is 29.0 Å². The standard InChI is InChI=1S/C9H9ClN2O3/c10-7-1-3-11-5-6(7)9(15)12-4-2-8(13)14/h1,3,5H,2,4H2,(H,12,15)(H,13,14). The van der Waals surface area contributed by atoms with Crippen molar-refractivity contribution in [2.45, 2.75) is 6.42 Å². The number of amides is 1. The normalized spacial score (nSPS) is 9.67. The minimum atomic E-state index is -0.965. The summed E-state index contributed by atoms with van der Waals surface area (Å²) in [5.74, 6) is -1.39. The first kappa shape index (κ1) is 11.5. The maximum absolute atomic E-state index is 11.4. The van der Waals surface area contributed by atoms with Crippen LogP contribution in [0.4, 0.5) is 0 Å². The monoisotopic (exact) mass is 228 g/mol. The van der Waals surface area contributed by atoms with Gasteiger partial charge in [-0.15, -0.1) is 0 Å². The first-order chi connectivity index (χ1) is 7.11. The van der Waals surface area contributed by atoms with Crippen molar-refractivity contribution >= 4 is 23.5 Å². The molecule has 0 aromatic carbocycles. The van der Waals surface area contributed by atoms with Crippen LogP contribution in [0.25, 0.3) is 0 Å². The molecule has 0 aliphatic heterocycles. The molecule has 0 spiro atoms. The van der Waals surface area contributed by atoms with Crippen molar-refractivity contribution < 1.29 is 14.7 Å².